The molecule has 1 fully saturated rings. The Bertz CT molecular complexity index is 275. The summed E-state index contributed by atoms with van der Waals surface area (Å²) in [5, 5.41) is 0. The fraction of sp³-hybridized carbons (Fsp3) is 0.500. The lowest BCUT2D eigenvalue weighted by Crippen LogP contribution is -2.16. The monoisotopic (exact) mass is 163 g/mol. The van der Waals surface area contributed by atoms with Gasteiger partial charge in [0.25, 0.3) is 0 Å². The van der Waals surface area contributed by atoms with Gasteiger partial charge in [0.2, 0.25) is 0 Å². The van der Waals surface area contributed by atoms with E-state index in [2.05, 4.69) is 28.6 Å². The molecule has 0 radical (unpaired) electrons. The highest BCUT2D eigenvalue weighted by Gasteiger charge is 2.17. The number of rotatable bonds is 1. The van der Waals surface area contributed by atoms with Crippen LogP contribution in [0.25, 0.3) is 0 Å². The first kappa shape index (κ1) is 7.59. The average Bonchev–Trinajstić information content (AvgIpc) is 2.77. The molecule has 2 rings (SSSR count). The van der Waals surface area contributed by atoms with Crippen molar-refractivity contribution in [1.29, 1.82) is 0 Å². The molecule has 64 valence electrons. The Hall–Kier alpha value is -1.05. The van der Waals surface area contributed by atoms with Gasteiger partial charge in [0.1, 0.15) is 18.8 Å². The molecule has 0 spiro atoms. The first-order chi connectivity index (χ1) is 5.88. The normalized spacial score (nSPS) is 16.9. The number of nitrogens with zero attached hydrogens (tertiary/aromatic N) is 1. The number of hydrogen-bond acceptors (Lipinski definition) is 0. The Kier molecular flexibility index (Phi) is 1.98. The minimum absolute atomic E-state index is 1.23. The minimum atomic E-state index is 1.23. The summed E-state index contributed by atoms with van der Waals surface area (Å²) in [4.78, 5) is 3.24. The molecule has 2 heteroatoms. The molecule has 0 unspecified atom stereocenters. The third-order valence-electron chi connectivity index (χ3n) is 2.57. The van der Waals surface area contributed by atoms with Crippen molar-refractivity contribution in [2.24, 2.45) is 0 Å². The van der Waals surface area contributed by atoms with Gasteiger partial charge < -0.3 is 4.98 Å². The second kappa shape index (κ2) is 3.13. The van der Waals surface area contributed by atoms with Crippen LogP contribution in [-0.4, -0.2) is 28.4 Å². The summed E-state index contributed by atoms with van der Waals surface area (Å²) < 4.78 is 2.45. The molecule has 1 aromatic heterocycles. The smallest absolute Gasteiger partial charge is 0.196 e. The van der Waals surface area contributed by atoms with Crippen LogP contribution in [0.1, 0.15) is 25.5 Å². The molecule has 1 aliphatic heterocycles. The average molecular weight is 163 g/mol. The van der Waals surface area contributed by atoms with E-state index >= 15 is 0 Å². The molecule has 0 aromatic carbocycles. The van der Waals surface area contributed by atoms with Gasteiger partial charge in [-0.3, -0.25) is 0 Å². The van der Waals surface area contributed by atoms with Crippen LogP contribution in [0.5, 0.6) is 0 Å². The third kappa shape index (κ3) is 1.29. The largest absolute Gasteiger partial charge is 0.357 e. The zero-order chi connectivity index (χ0) is 8.39. The maximum Gasteiger partial charge on any atom is 0.196 e. The molecule has 2 heterocycles. The van der Waals surface area contributed by atoms with Crippen molar-refractivity contribution >= 4 is 5.71 Å². The standard InChI is InChI=1S/C10H14N2/c1-9(10-5-4-6-11-10)12-7-2-3-8-12/h4-6H,2-3,7-8H2,1H3/p+1. The van der Waals surface area contributed by atoms with E-state index in [4.69, 9.17) is 0 Å². The molecule has 2 nitrogen and oxygen atoms in total. The minimum Gasteiger partial charge on any atom is -0.357 e. The van der Waals surface area contributed by atoms with E-state index in [0.717, 1.165) is 0 Å². The first-order valence-corrected chi connectivity index (χ1v) is 4.60. The zero-order valence-corrected chi connectivity index (χ0v) is 7.51. The van der Waals surface area contributed by atoms with Crippen molar-refractivity contribution in [2.45, 2.75) is 19.8 Å². The Balaban J connectivity index is 2.28. The zero-order valence-electron chi connectivity index (χ0n) is 7.51. The second-order valence-electron chi connectivity index (χ2n) is 3.36. The molecular weight excluding hydrogens is 148 g/mol. The molecule has 0 bridgehead atoms. The van der Waals surface area contributed by atoms with Gasteiger partial charge in [-0.05, 0) is 12.1 Å². The van der Waals surface area contributed by atoms with E-state index in [1.807, 2.05) is 6.20 Å². The number of H-pyrrole nitrogens is 1. The molecule has 1 aromatic rings. The van der Waals surface area contributed by atoms with Crippen LogP contribution in [0.3, 0.4) is 0 Å². The van der Waals surface area contributed by atoms with E-state index in [1.54, 1.807) is 0 Å². The van der Waals surface area contributed by atoms with Gasteiger partial charge in [-0.2, -0.15) is 0 Å². The van der Waals surface area contributed by atoms with Crippen molar-refractivity contribution in [2.75, 3.05) is 13.1 Å². The van der Waals surface area contributed by atoms with Crippen LogP contribution < -0.4 is 0 Å². The van der Waals surface area contributed by atoms with E-state index < -0.39 is 0 Å². The fourth-order valence-electron chi connectivity index (χ4n) is 1.78. The molecule has 0 saturated carbocycles. The molecule has 12 heavy (non-hydrogen) atoms. The van der Waals surface area contributed by atoms with Crippen molar-refractivity contribution < 1.29 is 4.58 Å². The maximum absolute atomic E-state index is 3.24. The number of nitrogens with one attached hydrogen (secondary N) is 1. The van der Waals surface area contributed by atoms with E-state index in [1.165, 1.54) is 37.3 Å². The second-order valence-corrected chi connectivity index (χ2v) is 3.36. The predicted molar refractivity (Wildman–Crippen MR) is 49.8 cm³/mol. The van der Waals surface area contributed by atoms with Crippen LogP contribution in [0.4, 0.5) is 0 Å². The first-order valence-electron chi connectivity index (χ1n) is 4.60. The Morgan fingerprint density at radius 3 is 2.75 bits per heavy atom. The highest BCUT2D eigenvalue weighted by Crippen LogP contribution is 2.05. The maximum atomic E-state index is 3.24. The highest BCUT2D eigenvalue weighted by molar-refractivity contribution is 5.93. The molecule has 0 aliphatic carbocycles. The number of hydrogen-bond donors (Lipinski definition) is 1. The van der Waals surface area contributed by atoms with Crippen molar-refractivity contribution in [3.8, 4) is 0 Å². The molecule has 1 N–H and O–H groups in total. The lowest BCUT2D eigenvalue weighted by molar-refractivity contribution is -0.506. The van der Waals surface area contributed by atoms with Crippen LogP contribution in [0.15, 0.2) is 18.3 Å². The molecule has 1 aliphatic rings. The summed E-state index contributed by atoms with van der Waals surface area (Å²) >= 11 is 0. The van der Waals surface area contributed by atoms with Crippen LogP contribution >= 0.6 is 0 Å². The van der Waals surface area contributed by atoms with Gasteiger partial charge in [0.05, 0.1) is 0 Å². The highest BCUT2D eigenvalue weighted by atomic mass is 15.0. The lowest BCUT2D eigenvalue weighted by Gasteiger charge is -1.97. The van der Waals surface area contributed by atoms with Gasteiger partial charge in [-0.25, -0.2) is 4.58 Å². The molecule has 0 amide bonds. The molecule has 0 atom stereocenters. The number of aromatic amines is 1. The Morgan fingerprint density at radius 1 is 1.42 bits per heavy atom. The van der Waals surface area contributed by atoms with E-state index in [-0.39, 0.29) is 0 Å². The number of aromatic nitrogens is 1. The van der Waals surface area contributed by atoms with Gasteiger partial charge in [0, 0.05) is 26.0 Å². The van der Waals surface area contributed by atoms with E-state index in [9.17, 15) is 0 Å². The van der Waals surface area contributed by atoms with Gasteiger partial charge >= 0.3 is 0 Å². The summed E-state index contributed by atoms with van der Waals surface area (Å²) in [6.07, 6.45) is 4.67. The fourth-order valence-corrected chi connectivity index (χ4v) is 1.78. The molecular formula is C10H15N2+. The van der Waals surface area contributed by atoms with Gasteiger partial charge in [0.15, 0.2) is 5.71 Å². The van der Waals surface area contributed by atoms with Crippen molar-refractivity contribution in [3.63, 3.8) is 0 Å². The Morgan fingerprint density at radius 2 is 2.17 bits per heavy atom. The van der Waals surface area contributed by atoms with Gasteiger partial charge in [-0.1, -0.05) is 0 Å². The van der Waals surface area contributed by atoms with Crippen molar-refractivity contribution in [3.05, 3.63) is 24.0 Å². The summed E-state index contributed by atoms with van der Waals surface area (Å²) in [5.74, 6) is 0. The van der Waals surface area contributed by atoms with Crippen LogP contribution in [0.2, 0.25) is 0 Å². The molecule has 1 saturated heterocycles. The SMILES string of the molecule is CC(c1ccc[nH]1)=[N+]1CCCC1. The summed E-state index contributed by atoms with van der Waals surface area (Å²) in [6, 6.07) is 4.18. The predicted octanol–water partition coefficient (Wildman–Crippen LogP) is 1.63. The van der Waals surface area contributed by atoms with Crippen LogP contribution in [-0.2, 0) is 0 Å². The Labute approximate surface area is 72.9 Å². The topological polar surface area (TPSA) is 18.8 Å². The quantitative estimate of drug-likeness (QED) is 0.607. The van der Waals surface area contributed by atoms with Crippen LogP contribution in [0, 0.1) is 0 Å². The van der Waals surface area contributed by atoms with E-state index in [0.29, 0.717) is 0 Å². The van der Waals surface area contributed by atoms with Gasteiger partial charge in [-0.15, -0.1) is 0 Å². The summed E-state index contributed by atoms with van der Waals surface area (Å²) in [6.45, 7) is 4.65. The third-order valence-corrected chi connectivity index (χ3v) is 2.57. The lowest BCUT2D eigenvalue weighted by atomic mass is 10.3. The summed E-state index contributed by atoms with van der Waals surface area (Å²) in [5.41, 5.74) is 2.65. The van der Waals surface area contributed by atoms with Crippen molar-refractivity contribution in [1.82, 2.24) is 4.98 Å². The summed E-state index contributed by atoms with van der Waals surface area (Å²) in [7, 11) is 0.